The van der Waals surface area contributed by atoms with E-state index in [9.17, 15) is 0 Å². The molecule has 94 valence electrons. The molecule has 2 aromatic rings. The molecule has 1 heterocycles. The van der Waals surface area contributed by atoms with E-state index in [4.69, 9.17) is 5.73 Å². The SMILES string of the molecule is CC(N)Cc1ccc(-n2nccc2C2CC2)cc1. The topological polar surface area (TPSA) is 43.8 Å². The van der Waals surface area contributed by atoms with Crippen molar-refractivity contribution in [3.05, 3.63) is 47.8 Å². The number of hydrogen-bond donors (Lipinski definition) is 1. The monoisotopic (exact) mass is 241 g/mol. The van der Waals surface area contributed by atoms with Crippen LogP contribution >= 0.6 is 0 Å². The van der Waals surface area contributed by atoms with Gasteiger partial charge in [-0.05, 0) is 49.9 Å². The molecular formula is C15H19N3. The quantitative estimate of drug-likeness (QED) is 0.894. The van der Waals surface area contributed by atoms with Crippen LogP contribution in [0.3, 0.4) is 0 Å². The minimum atomic E-state index is 0.211. The molecule has 3 heteroatoms. The molecule has 1 unspecified atom stereocenters. The molecule has 18 heavy (non-hydrogen) atoms. The second-order valence-corrected chi connectivity index (χ2v) is 5.29. The first-order valence-electron chi connectivity index (χ1n) is 6.63. The maximum atomic E-state index is 5.81. The van der Waals surface area contributed by atoms with Gasteiger partial charge in [-0.3, -0.25) is 0 Å². The van der Waals surface area contributed by atoms with Crippen molar-refractivity contribution in [1.29, 1.82) is 0 Å². The summed E-state index contributed by atoms with van der Waals surface area (Å²) in [4.78, 5) is 0. The maximum Gasteiger partial charge on any atom is 0.0649 e. The summed E-state index contributed by atoms with van der Waals surface area (Å²) in [7, 11) is 0. The summed E-state index contributed by atoms with van der Waals surface area (Å²) < 4.78 is 2.06. The summed E-state index contributed by atoms with van der Waals surface area (Å²) in [5.74, 6) is 0.719. The fourth-order valence-electron chi connectivity index (χ4n) is 2.36. The van der Waals surface area contributed by atoms with Gasteiger partial charge < -0.3 is 5.73 Å². The van der Waals surface area contributed by atoms with Crippen molar-refractivity contribution >= 4 is 0 Å². The van der Waals surface area contributed by atoms with E-state index >= 15 is 0 Å². The van der Waals surface area contributed by atoms with Gasteiger partial charge >= 0.3 is 0 Å². The predicted molar refractivity (Wildman–Crippen MR) is 72.9 cm³/mol. The molecule has 3 nitrogen and oxygen atoms in total. The summed E-state index contributed by atoms with van der Waals surface area (Å²) in [6.45, 7) is 2.03. The molecule has 1 aromatic carbocycles. The van der Waals surface area contributed by atoms with Gasteiger partial charge in [-0.25, -0.2) is 4.68 Å². The van der Waals surface area contributed by atoms with Gasteiger partial charge in [0.15, 0.2) is 0 Å². The lowest BCUT2D eigenvalue weighted by molar-refractivity contribution is 0.737. The zero-order valence-electron chi connectivity index (χ0n) is 10.7. The molecule has 0 aliphatic heterocycles. The third-order valence-corrected chi connectivity index (χ3v) is 3.41. The predicted octanol–water partition coefficient (Wildman–Crippen LogP) is 2.64. The van der Waals surface area contributed by atoms with Crippen molar-refractivity contribution < 1.29 is 0 Å². The Morgan fingerprint density at radius 2 is 2.00 bits per heavy atom. The maximum absolute atomic E-state index is 5.81. The normalized spacial score (nSPS) is 16.8. The fraction of sp³-hybridized carbons (Fsp3) is 0.400. The molecule has 2 N–H and O–H groups in total. The molecule has 1 fully saturated rings. The van der Waals surface area contributed by atoms with E-state index in [-0.39, 0.29) is 6.04 Å². The highest BCUT2D eigenvalue weighted by Gasteiger charge is 2.27. The van der Waals surface area contributed by atoms with Gasteiger partial charge in [0.1, 0.15) is 0 Å². The summed E-state index contributed by atoms with van der Waals surface area (Å²) >= 11 is 0. The molecule has 1 aromatic heterocycles. The van der Waals surface area contributed by atoms with Crippen LogP contribution in [0.4, 0.5) is 0 Å². The Balaban J connectivity index is 1.85. The van der Waals surface area contributed by atoms with E-state index in [2.05, 4.69) is 40.1 Å². The Hall–Kier alpha value is -1.61. The van der Waals surface area contributed by atoms with Crippen LogP contribution in [0.15, 0.2) is 36.5 Å². The van der Waals surface area contributed by atoms with Crippen LogP contribution in [-0.2, 0) is 6.42 Å². The highest BCUT2D eigenvalue weighted by Crippen LogP contribution is 2.40. The van der Waals surface area contributed by atoms with Crippen molar-refractivity contribution in [2.75, 3.05) is 0 Å². The average molecular weight is 241 g/mol. The molecule has 0 saturated heterocycles. The van der Waals surface area contributed by atoms with Crippen molar-refractivity contribution in [1.82, 2.24) is 9.78 Å². The molecule has 1 saturated carbocycles. The second kappa shape index (κ2) is 4.58. The smallest absolute Gasteiger partial charge is 0.0649 e. The Labute approximate surface area is 108 Å². The van der Waals surface area contributed by atoms with Crippen LogP contribution in [0.2, 0.25) is 0 Å². The van der Waals surface area contributed by atoms with E-state index < -0.39 is 0 Å². The van der Waals surface area contributed by atoms with Crippen LogP contribution in [-0.4, -0.2) is 15.8 Å². The van der Waals surface area contributed by atoms with Gasteiger partial charge in [-0.2, -0.15) is 5.10 Å². The third-order valence-electron chi connectivity index (χ3n) is 3.41. The van der Waals surface area contributed by atoms with Gasteiger partial charge in [0.05, 0.1) is 5.69 Å². The third kappa shape index (κ3) is 2.31. The summed E-state index contributed by atoms with van der Waals surface area (Å²) in [5, 5.41) is 4.43. The van der Waals surface area contributed by atoms with Gasteiger partial charge in [0, 0.05) is 23.9 Å². The van der Waals surface area contributed by atoms with E-state index in [1.54, 1.807) is 0 Å². The number of benzene rings is 1. The fourth-order valence-corrected chi connectivity index (χ4v) is 2.36. The van der Waals surface area contributed by atoms with Crippen LogP contribution < -0.4 is 5.73 Å². The molecular weight excluding hydrogens is 222 g/mol. The van der Waals surface area contributed by atoms with Crippen molar-refractivity contribution in [3.8, 4) is 5.69 Å². The number of nitrogens with two attached hydrogens (primary N) is 1. The van der Waals surface area contributed by atoms with Gasteiger partial charge in [0.2, 0.25) is 0 Å². The van der Waals surface area contributed by atoms with E-state index in [1.165, 1.54) is 24.1 Å². The second-order valence-electron chi connectivity index (χ2n) is 5.29. The van der Waals surface area contributed by atoms with Crippen LogP contribution in [0, 0.1) is 0 Å². The first kappa shape index (κ1) is 11.5. The highest BCUT2D eigenvalue weighted by atomic mass is 15.3. The lowest BCUT2D eigenvalue weighted by atomic mass is 10.1. The molecule has 0 bridgehead atoms. The lowest BCUT2D eigenvalue weighted by Crippen LogP contribution is -2.17. The minimum Gasteiger partial charge on any atom is -0.328 e. The van der Waals surface area contributed by atoms with E-state index in [0.29, 0.717) is 0 Å². The molecule has 1 atom stereocenters. The molecule has 1 aliphatic carbocycles. The Morgan fingerprint density at radius 3 is 2.61 bits per heavy atom. The number of hydrogen-bond acceptors (Lipinski definition) is 2. The molecule has 1 aliphatic rings. The van der Waals surface area contributed by atoms with Crippen molar-refractivity contribution in [3.63, 3.8) is 0 Å². The van der Waals surface area contributed by atoms with Crippen LogP contribution in [0.5, 0.6) is 0 Å². The van der Waals surface area contributed by atoms with Crippen LogP contribution in [0.25, 0.3) is 5.69 Å². The molecule has 0 spiro atoms. The summed E-state index contributed by atoms with van der Waals surface area (Å²) in [6.07, 6.45) is 5.42. The van der Waals surface area contributed by atoms with Crippen molar-refractivity contribution in [2.24, 2.45) is 5.73 Å². The number of nitrogens with zero attached hydrogens (tertiary/aromatic N) is 2. The van der Waals surface area contributed by atoms with E-state index in [0.717, 1.165) is 18.0 Å². The number of aromatic nitrogens is 2. The Bertz CT molecular complexity index is 521. The largest absolute Gasteiger partial charge is 0.328 e. The highest BCUT2D eigenvalue weighted by molar-refractivity contribution is 5.37. The van der Waals surface area contributed by atoms with Gasteiger partial charge in [-0.1, -0.05) is 12.1 Å². The standard InChI is InChI=1S/C15H19N3/c1-11(16)10-12-2-6-14(7-3-12)18-15(8-9-17-18)13-4-5-13/h2-3,6-9,11,13H,4-5,10,16H2,1H3. The number of rotatable bonds is 4. The molecule has 0 radical (unpaired) electrons. The zero-order chi connectivity index (χ0) is 12.5. The minimum absolute atomic E-state index is 0.211. The van der Waals surface area contributed by atoms with Gasteiger partial charge in [0.25, 0.3) is 0 Å². The Kier molecular flexibility index (Phi) is 2.92. The zero-order valence-corrected chi connectivity index (χ0v) is 10.7. The first-order chi connectivity index (χ1) is 8.74. The Morgan fingerprint density at radius 1 is 1.28 bits per heavy atom. The summed E-state index contributed by atoms with van der Waals surface area (Å²) in [5.41, 5.74) is 9.59. The average Bonchev–Trinajstić information content (AvgIpc) is 3.08. The van der Waals surface area contributed by atoms with Gasteiger partial charge in [-0.15, -0.1) is 0 Å². The molecule has 0 amide bonds. The lowest BCUT2D eigenvalue weighted by Gasteiger charge is -2.09. The van der Waals surface area contributed by atoms with Crippen LogP contribution in [0.1, 0.15) is 36.9 Å². The molecule has 3 rings (SSSR count). The first-order valence-corrected chi connectivity index (χ1v) is 6.63. The van der Waals surface area contributed by atoms with Crippen molar-refractivity contribution in [2.45, 2.75) is 38.1 Å². The van der Waals surface area contributed by atoms with E-state index in [1.807, 2.05) is 13.1 Å². The summed E-state index contributed by atoms with van der Waals surface area (Å²) in [6, 6.07) is 10.9.